The Morgan fingerprint density at radius 2 is 1.90 bits per heavy atom. The molecule has 2 N–H and O–H groups in total. The van der Waals surface area contributed by atoms with Crippen molar-refractivity contribution in [3.8, 4) is 5.75 Å². The second-order valence-electron chi connectivity index (χ2n) is 5.54. The first kappa shape index (κ1) is 15.4. The van der Waals surface area contributed by atoms with Gasteiger partial charge in [-0.25, -0.2) is 0 Å². The van der Waals surface area contributed by atoms with Crippen molar-refractivity contribution in [3.05, 3.63) is 59.2 Å². The topological polar surface area (TPSA) is 35.5 Å². The lowest BCUT2D eigenvalue weighted by Crippen LogP contribution is -2.17. The summed E-state index contributed by atoms with van der Waals surface area (Å²) in [5.74, 6) is 0.339. The third-order valence-electron chi connectivity index (χ3n) is 4.02. The summed E-state index contributed by atoms with van der Waals surface area (Å²) in [6, 6.07) is 14.4. The smallest absolute Gasteiger partial charge is 0.122 e. The first-order valence-corrected chi connectivity index (χ1v) is 7.28. The molecule has 0 radical (unpaired) electrons. The molecule has 0 bridgehead atoms. The van der Waals surface area contributed by atoms with E-state index in [1.807, 2.05) is 33.2 Å². The maximum atomic E-state index is 10.2. The third-order valence-corrected chi connectivity index (χ3v) is 4.02. The number of nitrogens with one attached hydrogen (secondary N) is 1. The Kier molecular flexibility index (Phi) is 4.86. The van der Waals surface area contributed by atoms with Crippen LogP contribution in [0.15, 0.2) is 42.5 Å². The number of phenolic OH excluding ortho intramolecular Hbond substituents is 1. The fourth-order valence-corrected chi connectivity index (χ4v) is 2.43. The molecule has 0 aliphatic carbocycles. The number of nitrogens with zero attached hydrogens (tertiary/aromatic N) is 1. The second kappa shape index (κ2) is 6.64. The van der Waals surface area contributed by atoms with E-state index in [9.17, 15) is 5.11 Å². The fraction of sp³-hybridized carbons (Fsp3) is 0.333. The molecular weight excluding hydrogens is 260 g/mol. The Bertz CT molecular complexity index is 610. The van der Waals surface area contributed by atoms with Crippen molar-refractivity contribution < 1.29 is 5.11 Å². The molecule has 21 heavy (non-hydrogen) atoms. The van der Waals surface area contributed by atoms with Gasteiger partial charge in [-0.1, -0.05) is 30.3 Å². The summed E-state index contributed by atoms with van der Waals surface area (Å²) >= 11 is 0. The van der Waals surface area contributed by atoms with Gasteiger partial charge < -0.3 is 15.3 Å². The molecule has 0 fully saturated rings. The Morgan fingerprint density at radius 3 is 2.52 bits per heavy atom. The van der Waals surface area contributed by atoms with Crippen molar-refractivity contribution in [2.24, 2.45) is 0 Å². The zero-order valence-electron chi connectivity index (χ0n) is 13.2. The lowest BCUT2D eigenvalue weighted by Gasteiger charge is -2.22. The van der Waals surface area contributed by atoms with E-state index in [1.165, 1.54) is 11.1 Å². The van der Waals surface area contributed by atoms with Crippen LogP contribution in [0.2, 0.25) is 0 Å². The van der Waals surface area contributed by atoms with Gasteiger partial charge in [0.25, 0.3) is 0 Å². The summed E-state index contributed by atoms with van der Waals surface area (Å²) in [7, 11) is 3.94. The van der Waals surface area contributed by atoms with Crippen LogP contribution in [0.3, 0.4) is 0 Å². The monoisotopic (exact) mass is 284 g/mol. The SMILES string of the molecule is CNC(C)c1ccc(N(C)Cc2ccccc2C)cc1O. The average molecular weight is 284 g/mol. The van der Waals surface area contributed by atoms with Crippen molar-refractivity contribution in [2.75, 3.05) is 19.0 Å². The molecule has 3 heteroatoms. The summed E-state index contributed by atoms with van der Waals surface area (Å²) in [4.78, 5) is 2.15. The molecule has 0 heterocycles. The van der Waals surface area contributed by atoms with Gasteiger partial charge >= 0.3 is 0 Å². The molecule has 3 nitrogen and oxygen atoms in total. The largest absolute Gasteiger partial charge is 0.508 e. The highest BCUT2D eigenvalue weighted by atomic mass is 16.3. The van der Waals surface area contributed by atoms with Crippen molar-refractivity contribution in [2.45, 2.75) is 26.4 Å². The predicted octanol–water partition coefficient (Wildman–Crippen LogP) is 3.62. The van der Waals surface area contributed by atoms with Gasteiger partial charge in [0.2, 0.25) is 0 Å². The van der Waals surface area contributed by atoms with E-state index >= 15 is 0 Å². The van der Waals surface area contributed by atoms with Gasteiger partial charge in [-0.2, -0.15) is 0 Å². The van der Waals surface area contributed by atoms with Crippen molar-refractivity contribution >= 4 is 5.69 Å². The predicted molar refractivity (Wildman–Crippen MR) is 88.9 cm³/mol. The van der Waals surface area contributed by atoms with Crippen LogP contribution in [0.4, 0.5) is 5.69 Å². The van der Waals surface area contributed by atoms with E-state index in [2.05, 4.69) is 47.5 Å². The zero-order valence-corrected chi connectivity index (χ0v) is 13.2. The molecule has 2 aromatic carbocycles. The number of hydrogen-bond acceptors (Lipinski definition) is 3. The minimum absolute atomic E-state index is 0.140. The number of anilines is 1. The van der Waals surface area contributed by atoms with Crippen LogP contribution in [-0.4, -0.2) is 19.2 Å². The number of hydrogen-bond donors (Lipinski definition) is 2. The Labute approximate surface area is 127 Å². The maximum Gasteiger partial charge on any atom is 0.122 e. The molecule has 2 aromatic rings. The van der Waals surface area contributed by atoms with Crippen LogP contribution >= 0.6 is 0 Å². The van der Waals surface area contributed by atoms with Crippen LogP contribution in [0, 0.1) is 6.92 Å². The Balaban J connectivity index is 2.18. The molecule has 0 aliphatic heterocycles. The normalized spacial score (nSPS) is 12.2. The summed E-state index contributed by atoms with van der Waals surface area (Å²) in [6.07, 6.45) is 0. The number of rotatable bonds is 5. The second-order valence-corrected chi connectivity index (χ2v) is 5.54. The molecule has 0 aromatic heterocycles. The van der Waals surface area contributed by atoms with E-state index in [0.29, 0.717) is 5.75 Å². The molecule has 0 saturated heterocycles. The first-order valence-electron chi connectivity index (χ1n) is 7.28. The van der Waals surface area contributed by atoms with Crippen molar-refractivity contribution in [1.29, 1.82) is 0 Å². The van der Waals surface area contributed by atoms with E-state index in [0.717, 1.165) is 17.8 Å². The summed E-state index contributed by atoms with van der Waals surface area (Å²) < 4.78 is 0. The summed E-state index contributed by atoms with van der Waals surface area (Å²) in [6.45, 7) is 4.98. The van der Waals surface area contributed by atoms with Crippen LogP contribution < -0.4 is 10.2 Å². The van der Waals surface area contributed by atoms with Gasteiger partial charge in [0.05, 0.1) is 0 Å². The van der Waals surface area contributed by atoms with Gasteiger partial charge in [-0.05, 0) is 38.1 Å². The van der Waals surface area contributed by atoms with E-state index in [1.54, 1.807) is 0 Å². The van der Waals surface area contributed by atoms with Gasteiger partial charge in [0.1, 0.15) is 5.75 Å². The van der Waals surface area contributed by atoms with Crippen LogP contribution in [0.5, 0.6) is 5.75 Å². The standard InChI is InChI=1S/C18H24N2O/c1-13-7-5-6-8-15(13)12-20(4)16-9-10-17(14(2)19-3)18(21)11-16/h5-11,14,19,21H,12H2,1-4H3. The molecule has 0 amide bonds. The number of benzene rings is 2. The van der Waals surface area contributed by atoms with Crippen LogP contribution in [0.25, 0.3) is 0 Å². The van der Waals surface area contributed by atoms with E-state index in [-0.39, 0.29) is 6.04 Å². The Hall–Kier alpha value is -2.00. The summed E-state index contributed by atoms with van der Waals surface area (Å²) in [5.41, 5.74) is 4.52. The Morgan fingerprint density at radius 1 is 1.19 bits per heavy atom. The fourth-order valence-electron chi connectivity index (χ4n) is 2.43. The van der Waals surface area contributed by atoms with Crippen molar-refractivity contribution in [3.63, 3.8) is 0 Å². The quantitative estimate of drug-likeness (QED) is 0.880. The molecule has 1 atom stereocenters. The van der Waals surface area contributed by atoms with Gasteiger partial charge in [-0.3, -0.25) is 0 Å². The molecule has 1 unspecified atom stereocenters. The molecular formula is C18H24N2O. The van der Waals surface area contributed by atoms with Gasteiger partial charge in [0.15, 0.2) is 0 Å². The lowest BCUT2D eigenvalue weighted by atomic mass is 10.1. The van der Waals surface area contributed by atoms with Crippen molar-refractivity contribution in [1.82, 2.24) is 5.32 Å². The lowest BCUT2D eigenvalue weighted by molar-refractivity contribution is 0.458. The molecule has 112 valence electrons. The van der Waals surface area contributed by atoms with Gasteiger partial charge in [-0.15, -0.1) is 0 Å². The highest BCUT2D eigenvalue weighted by Crippen LogP contribution is 2.29. The molecule has 0 spiro atoms. The highest BCUT2D eigenvalue weighted by molar-refractivity contribution is 5.54. The molecule has 2 rings (SSSR count). The zero-order chi connectivity index (χ0) is 15.4. The van der Waals surface area contributed by atoms with Gasteiger partial charge in [0, 0.05) is 37.0 Å². The minimum atomic E-state index is 0.140. The van der Waals surface area contributed by atoms with E-state index in [4.69, 9.17) is 0 Å². The molecule has 0 saturated carbocycles. The third kappa shape index (κ3) is 3.56. The van der Waals surface area contributed by atoms with Crippen LogP contribution in [0.1, 0.15) is 29.7 Å². The summed E-state index contributed by atoms with van der Waals surface area (Å²) in [5, 5.41) is 13.3. The minimum Gasteiger partial charge on any atom is -0.508 e. The number of aryl methyl sites for hydroxylation is 1. The first-order chi connectivity index (χ1) is 10.0. The van der Waals surface area contributed by atoms with Crippen LogP contribution in [-0.2, 0) is 6.54 Å². The highest BCUT2D eigenvalue weighted by Gasteiger charge is 2.11. The number of phenols is 1. The number of aromatic hydroxyl groups is 1. The van der Waals surface area contributed by atoms with E-state index < -0.39 is 0 Å². The average Bonchev–Trinajstić information content (AvgIpc) is 2.48. The maximum absolute atomic E-state index is 10.2. The molecule has 0 aliphatic rings.